The number of amides is 1. The molecule has 1 aliphatic heterocycles. The highest BCUT2D eigenvalue weighted by molar-refractivity contribution is 5.88. The normalized spacial score (nSPS) is 15.2. The van der Waals surface area contributed by atoms with Gasteiger partial charge in [-0.05, 0) is 97.1 Å². The smallest absolute Gasteiger partial charge is 0.435 e. The van der Waals surface area contributed by atoms with Crippen LogP contribution in [0.5, 0.6) is 0 Å². The van der Waals surface area contributed by atoms with Crippen molar-refractivity contribution in [2.24, 2.45) is 0 Å². The summed E-state index contributed by atoms with van der Waals surface area (Å²) in [5, 5.41) is 8.23. The van der Waals surface area contributed by atoms with E-state index in [1.165, 1.54) is 4.68 Å². The number of benzene rings is 1. The van der Waals surface area contributed by atoms with Crippen molar-refractivity contribution in [2.75, 3.05) is 18.4 Å². The van der Waals surface area contributed by atoms with Gasteiger partial charge in [-0.1, -0.05) is 5.92 Å². The molecule has 1 aromatic carbocycles. The molecule has 1 atom stereocenters. The fourth-order valence-corrected chi connectivity index (χ4v) is 4.80. The Morgan fingerprint density at radius 3 is 2.47 bits per heavy atom. The van der Waals surface area contributed by atoms with Gasteiger partial charge in [0.25, 0.3) is 0 Å². The number of ether oxygens (including phenoxy) is 2. The summed E-state index contributed by atoms with van der Waals surface area (Å²) < 4.78 is 12.3. The van der Waals surface area contributed by atoms with E-state index >= 15 is 0 Å². The average Bonchev–Trinajstić information content (AvgIpc) is 3.41. The second kappa shape index (κ2) is 12.9. The summed E-state index contributed by atoms with van der Waals surface area (Å²) in [4.78, 5) is 45.0. The molecule has 1 amide bonds. The summed E-state index contributed by atoms with van der Waals surface area (Å²) in [6, 6.07) is 8.90. The summed E-state index contributed by atoms with van der Waals surface area (Å²) in [5.41, 5.74) is 1.26. The quantitative estimate of drug-likeness (QED) is 0.288. The second-order valence-electron chi connectivity index (χ2n) is 12.8. The van der Waals surface area contributed by atoms with Crippen LogP contribution in [0.4, 0.5) is 15.5 Å². The SMILES string of the molecule is CC(C)(C)OC(=O)N1CCCCC1CNc1nccc(-c2nccc(C#Cc3ccc4c(cnn4C(=O)OC(C)(C)C)c3)n2)n1. The number of anilines is 1. The van der Waals surface area contributed by atoms with Crippen LogP contribution in [0.15, 0.2) is 48.9 Å². The molecule has 3 aromatic heterocycles. The fourth-order valence-electron chi connectivity index (χ4n) is 4.80. The predicted molar refractivity (Wildman–Crippen MR) is 169 cm³/mol. The Kier molecular flexibility index (Phi) is 8.99. The number of nitrogens with one attached hydrogen (secondary N) is 1. The molecule has 1 unspecified atom stereocenters. The van der Waals surface area contributed by atoms with Crippen molar-refractivity contribution in [3.63, 3.8) is 0 Å². The molecule has 0 spiro atoms. The van der Waals surface area contributed by atoms with E-state index in [9.17, 15) is 9.59 Å². The van der Waals surface area contributed by atoms with E-state index < -0.39 is 17.3 Å². The van der Waals surface area contributed by atoms with Crippen molar-refractivity contribution >= 4 is 29.0 Å². The van der Waals surface area contributed by atoms with E-state index in [0.717, 1.165) is 30.2 Å². The number of piperidine rings is 1. The minimum absolute atomic E-state index is 0.0263. The molecular formula is C33H38N8O4. The number of aromatic nitrogens is 6. The Morgan fingerprint density at radius 1 is 0.933 bits per heavy atom. The highest BCUT2D eigenvalue weighted by Crippen LogP contribution is 2.22. The lowest BCUT2D eigenvalue weighted by Crippen LogP contribution is -2.49. The van der Waals surface area contributed by atoms with Gasteiger partial charge in [-0.2, -0.15) is 9.78 Å². The Balaban J connectivity index is 1.27. The molecule has 0 bridgehead atoms. The first kappa shape index (κ1) is 31.4. The molecule has 234 valence electrons. The molecule has 1 aliphatic rings. The number of hydrogen-bond acceptors (Lipinski definition) is 10. The lowest BCUT2D eigenvalue weighted by atomic mass is 10.0. The zero-order chi connectivity index (χ0) is 32.2. The minimum atomic E-state index is -0.624. The maximum atomic E-state index is 12.8. The summed E-state index contributed by atoms with van der Waals surface area (Å²) in [6.07, 6.45) is 6.91. The van der Waals surface area contributed by atoms with Crippen LogP contribution < -0.4 is 5.32 Å². The topological polar surface area (TPSA) is 137 Å². The van der Waals surface area contributed by atoms with Gasteiger partial charge in [0.15, 0.2) is 5.82 Å². The van der Waals surface area contributed by atoms with Crippen LogP contribution in [0, 0.1) is 11.8 Å². The molecule has 1 saturated heterocycles. The highest BCUT2D eigenvalue weighted by Gasteiger charge is 2.30. The Labute approximate surface area is 262 Å². The molecule has 5 rings (SSSR count). The van der Waals surface area contributed by atoms with Gasteiger partial charge in [0.1, 0.15) is 22.6 Å². The van der Waals surface area contributed by atoms with E-state index in [2.05, 4.69) is 42.2 Å². The molecule has 1 fully saturated rings. The molecule has 1 N–H and O–H groups in total. The standard InChI is InChI=1S/C33H38N8O4/c1-32(2,3)44-30(42)40-18-8-7-9-25(40)21-36-29-35-17-15-26(39-29)28-34-16-14-24(38-28)12-10-22-11-13-27-23(19-22)20-37-41(27)31(43)45-33(4,5)6/h11,13-17,19-20,25H,7-9,18,21H2,1-6H3,(H,35,36,39). The average molecular weight is 611 g/mol. The monoisotopic (exact) mass is 610 g/mol. The van der Waals surface area contributed by atoms with Crippen LogP contribution in [-0.4, -0.2) is 77.1 Å². The van der Waals surface area contributed by atoms with E-state index in [-0.39, 0.29) is 12.1 Å². The molecule has 0 saturated carbocycles. The lowest BCUT2D eigenvalue weighted by molar-refractivity contribution is 0.0113. The van der Waals surface area contributed by atoms with Crippen LogP contribution in [0.3, 0.4) is 0 Å². The van der Waals surface area contributed by atoms with Crippen LogP contribution in [-0.2, 0) is 9.47 Å². The first-order chi connectivity index (χ1) is 21.3. The largest absolute Gasteiger partial charge is 0.444 e. The van der Waals surface area contributed by atoms with Crippen molar-refractivity contribution in [2.45, 2.75) is 78.0 Å². The molecule has 4 aromatic rings. The minimum Gasteiger partial charge on any atom is -0.444 e. The Hall–Kier alpha value is -5.05. The van der Waals surface area contributed by atoms with Gasteiger partial charge in [0, 0.05) is 36.4 Å². The third kappa shape index (κ3) is 8.32. The van der Waals surface area contributed by atoms with Gasteiger partial charge < -0.3 is 19.7 Å². The lowest BCUT2D eigenvalue weighted by Gasteiger charge is -2.36. The molecule has 0 radical (unpaired) electrons. The second-order valence-corrected chi connectivity index (χ2v) is 12.8. The zero-order valence-electron chi connectivity index (χ0n) is 26.5. The van der Waals surface area contributed by atoms with Crippen LogP contribution >= 0.6 is 0 Å². The van der Waals surface area contributed by atoms with E-state index in [1.54, 1.807) is 41.7 Å². The third-order valence-electron chi connectivity index (χ3n) is 6.76. The van der Waals surface area contributed by atoms with Gasteiger partial charge in [0.2, 0.25) is 5.95 Å². The molecule has 12 nitrogen and oxygen atoms in total. The van der Waals surface area contributed by atoms with Crippen LogP contribution in [0.1, 0.15) is 72.1 Å². The number of fused-ring (bicyclic) bond motifs is 1. The Morgan fingerprint density at radius 2 is 1.69 bits per heavy atom. The van der Waals surface area contributed by atoms with Crippen LogP contribution in [0.2, 0.25) is 0 Å². The fraction of sp³-hybridized carbons (Fsp3) is 0.424. The van der Waals surface area contributed by atoms with Crippen LogP contribution in [0.25, 0.3) is 22.4 Å². The summed E-state index contributed by atoms with van der Waals surface area (Å²) >= 11 is 0. The van der Waals surface area contributed by atoms with E-state index in [1.807, 2.05) is 53.7 Å². The number of hydrogen-bond donors (Lipinski definition) is 1. The Bertz CT molecular complexity index is 1760. The van der Waals surface area contributed by atoms with Crippen molar-refractivity contribution in [3.05, 3.63) is 60.2 Å². The van der Waals surface area contributed by atoms with Crippen molar-refractivity contribution < 1.29 is 19.1 Å². The van der Waals surface area contributed by atoms with Gasteiger partial charge in [-0.25, -0.2) is 29.5 Å². The molecule has 4 heterocycles. The first-order valence-corrected chi connectivity index (χ1v) is 15.0. The summed E-state index contributed by atoms with van der Waals surface area (Å²) in [5.74, 6) is 7.04. The molecule has 12 heteroatoms. The highest BCUT2D eigenvalue weighted by atomic mass is 16.6. The number of likely N-dealkylation sites (tertiary alicyclic amines) is 1. The number of nitrogens with zero attached hydrogens (tertiary/aromatic N) is 7. The van der Waals surface area contributed by atoms with Gasteiger partial charge in [-0.3, -0.25) is 0 Å². The van der Waals surface area contributed by atoms with Gasteiger partial charge in [0.05, 0.1) is 17.8 Å². The predicted octanol–water partition coefficient (Wildman–Crippen LogP) is 5.67. The molecule has 45 heavy (non-hydrogen) atoms. The van der Waals surface area contributed by atoms with Crippen molar-refractivity contribution in [1.82, 2.24) is 34.6 Å². The summed E-state index contributed by atoms with van der Waals surface area (Å²) in [6.45, 7) is 12.2. The van der Waals surface area contributed by atoms with Gasteiger partial charge >= 0.3 is 12.2 Å². The third-order valence-corrected chi connectivity index (χ3v) is 6.76. The van der Waals surface area contributed by atoms with Crippen molar-refractivity contribution in [1.29, 1.82) is 0 Å². The van der Waals surface area contributed by atoms with E-state index in [0.29, 0.717) is 41.8 Å². The number of rotatable bonds is 4. The maximum absolute atomic E-state index is 12.8. The molecular weight excluding hydrogens is 572 g/mol. The number of carbonyl (C=O) groups excluding carboxylic acids is 2. The van der Waals surface area contributed by atoms with Crippen molar-refractivity contribution in [3.8, 4) is 23.4 Å². The maximum Gasteiger partial charge on any atom is 0.435 e. The first-order valence-electron chi connectivity index (χ1n) is 15.0. The van der Waals surface area contributed by atoms with Gasteiger partial charge in [-0.15, -0.1) is 0 Å². The molecule has 0 aliphatic carbocycles. The zero-order valence-corrected chi connectivity index (χ0v) is 26.5. The van der Waals surface area contributed by atoms with E-state index in [4.69, 9.17) is 9.47 Å². The number of carbonyl (C=O) groups is 2. The summed E-state index contributed by atoms with van der Waals surface area (Å²) in [7, 11) is 0.